The molecule has 0 heterocycles. The van der Waals surface area contributed by atoms with Gasteiger partial charge >= 0.3 is 0 Å². The number of rotatable bonds is 4. The zero-order valence-electron chi connectivity index (χ0n) is 12.6. The van der Waals surface area contributed by atoms with Crippen LogP contribution in [0.3, 0.4) is 0 Å². The van der Waals surface area contributed by atoms with Crippen LogP contribution < -0.4 is 5.32 Å². The van der Waals surface area contributed by atoms with Gasteiger partial charge in [0.05, 0.1) is 6.07 Å². The summed E-state index contributed by atoms with van der Waals surface area (Å²) in [6.07, 6.45) is 3.83. The minimum absolute atomic E-state index is 0.126. The molecule has 0 unspecified atom stereocenters. The second kappa shape index (κ2) is 6.91. The number of nitrogens with one attached hydrogen (secondary N) is 1. The van der Waals surface area contributed by atoms with Gasteiger partial charge in [0.1, 0.15) is 6.04 Å². The average molecular weight is 270 g/mol. The summed E-state index contributed by atoms with van der Waals surface area (Å²) in [5.41, 5.74) is 2.36. The third-order valence-corrected chi connectivity index (χ3v) is 3.08. The molecule has 1 aromatic carbocycles. The Morgan fingerprint density at radius 2 is 1.95 bits per heavy atom. The van der Waals surface area contributed by atoms with Crippen molar-refractivity contribution in [2.75, 3.05) is 0 Å². The number of nitrogens with zero attached hydrogens (tertiary/aromatic N) is 1. The maximum Gasteiger partial charge on any atom is 0.245 e. The Morgan fingerprint density at radius 3 is 2.40 bits per heavy atom. The molecule has 0 fully saturated rings. The van der Waals surface area contributed by atoms with Crippen molar-refractivity contribution in [3.05, 3.63) is 41.5 Å². The maximum atomic E-state index is 11.6. The van der Waals surface area contributed by atoms with Gasteiger partial charge in [0.25, 0.3) is 0 Å². The van der Waals surface area contributed by atoms with Gasteiger partial charge in [0, 0.05) is 6.08 Å². The summed E-state index contributed by atoms with van der Waals surface area (Å²) in [4.78, 5) is 11.6. The molecule has 0 aromatic heterocycles. The lowest BCUT2D eigenvalue weighted by atomic mass is 9.87. The van der Waals surface area contributed by atoms with Crippen molar-refractivity contribution >= 4 is 12.0 Å². The van der Waals surface area contributed by atoms with Crippen LogP contribution in [0.2, 0.25) is 0 Å². The van der Waals surface area contributed by atoms with Crippen molar-refractivity contribution in [3.8, 4) is 6.07 Å². The summed E-state index contributed by atoms with van der Waals surface area (Å²) in [6.45, 7) is 8.36. The fourth-order valence-electron chi connectivity index (χ4n) is 1.71. The van der Waals surface area contributed by atoms with E-state index >= 15 is 0 Å². The topological polar surface area (TPSA) is 52.9 Å². The van der Waals surface area contributed by atoms with E-state index in [9.17, 15) is 4.79 Å². The van der Waals surface area contributed by atoms with Crippen LogP contribution in [0.5, 0.6) is 0 Å². The highest BCUT2D eigenvalue weighted by atomic mass is 16.1. The van der Waals surface area contributed by atoms with Crippen LogP contribution >= 0.6 is 0 Å². The van der Waals surface area contributed by atoms with E-state index in [-0.39, 0.29) is 11.3 Å². The van der Waals surface area contributed by atoms with E-state index < -0.39 is 6.04 Å². The van der Waals surface area contributed by atoms with Crippen LogP contribution in [-0.2, 0) is 10.2 Å². The van der Waals surface area contributed by atoms with Crippen LogP contribution in [0.15, 0.2) is 30.3 Å². The quantitative estimate of drug-likeness (QED) is 0.852. The molecule has 20 heavy (non-hydrogen) atoms. The molecule has 0 radical (unpaired) electrons. The van der Waals surface area contributed by atoms with Crippen molar-refractivity contribution < 1.29 is 4.79 Å². The predicted octanol–water partition coefficient (Wildman–Crippen LogP) is 3.42. The van der Waals surface area contributed by atoms with Crippen molar-refractivity contribution in [2.45, 2.75) is 45.6 Å². The molecule has 3 heteroatoms. The Kier molecular flexibility index (Phi) is 5.52. The van der Waals surface area contributed by atoms with Crippen molar-refractivity contribution in [1.29, 1.82) is 5.26 Å². The van der Waals surface area contributed by atoms with E-state index in [2.05, 4.69) is 38.2 Å². The first-order valence-corrected chi connectivity index (χ1v) is 6.85. The predicted molar refractivity (Wildman–Crippen MR) is 82.0 cm³/mol. The highest BCUT2D eigenvalue weighted by Crippen LogP contribution is 2.22. The minimum atomic E-state index is -0.421. The molecule has 0 aliphatic carbocycles. The first-order valence-electron chi connectivity index (χ1n) is 6.85. The molecule has 0 aliphatic heterocycles. The highest BCUT2D eigenvalue weighted by Gasteiger charge is 2.12. The van der Waals surface area contributed by atoms with Gasteiger partial charge in [0.15, 0.2) is 0 Å². The zero-order chi connectivity index (χ0) is 15.2. The van der Waals surface area contributed by atoms with E-state index in [0.29, 0.717) is 6.42 Å². The van der Waals surface area contributed by atoms with Crippen LogP contribution in [0.25, 0.3) is 6.08 Å². The summed E-state index contributed by atoms with van der Waals surface area (Å²) in [7, 11) is 0. The lowest BCUT2D eigenvalue weighted by Gasteiger charge is -2.18. The number of carbonyl (C=O) groups is 1. The molecule has 0 saturated carbocycles. The Morgan fingerprint density at radius 1 is 1.35 bits per heavy atom. The standard InChI is InChI=1S/C17H22N2O/c1-5-15(12-18)19-16(20)11-8-13-6-9-14(10-7-13)17(2,3)4/h6-11,15H,5H2,1-4H3,(H,19,20)/b11-8+/t15-/m1/s1. The highest BCUT2D eigenvalue weighted by molar-refractivity contribution is 5.92. The largest absolute Gasteiger partial charge is 0.337 e. The Labute approximate surface area is 121 Å². The van der Waals surface area contributed by atoms with Crippen LogP contribution in [0, 0.1) is 11.3 Å². The lowest BCUT2D eigenvalue weighted by Crippen LogP contribution is -2.31. The van der Waals surface area contributed by atoms with Gasteiger partial charge in [-0.1, -0.05) is 52.0 Å². The van der Waals surface area contributed by atoms with Gasteiger partial charge in [-0.2, -0.15) is 5.26 Å². The second-order valence-electron chi connectivity index (χ2n) is 5.80. The third kappa shape index (κ3) is 4.89. The zero-order valence-corrected chi connectivity index (χ0v) is 12.6. The smallest absolute Gasteiger partial charge is 0.245 e. The molecule has 1 rings (SSSR count). The molecule has 1 amide bonds. The summed E-state index contributed by atoms with van der Waals surface area (Å²) in [5, 5.41) is 11.4. The van der Waals surface area contributed by atoms with E-state index in [1.807, 2.05) is 25.1 Å². The summed E-state index contributed by atoms with van der Waals surface area (Å²) in [5.74, 6) is -0.238. The number of hydrogen-bond acceptors (Lipinski definition) is 2. The third-order valence-electron chi connectivity index (χ3n) is 3.08. The number of amides is 1. The summed E-state index contributed by atoms with van der Waals surface area (Å²) in [6, 6.07) is 9.74. The molecule has 0 spiro atoms. The first-order chi connectivity index (χ1) is 9.36. The van der Waals surface area contributed by atoms with Gasteiger partial charge in [-0.25, -0.2) is 0 Å². The maximum absolute atomic E-state index is 11.6. The second-order valence-corrected chi connectivity index (χ2v) is 5.80. The molecule has 1 aromatic rings. The SMILES string of the molecule is CC[C@H](C#N)NC(=O)/C=C/c1ccc(C(C)(C)C)cc1. The molecule has 106 valence electrons. The van der Waals surface area contributed by atoms with Gasteiger partial charge in [-0.3, -0.25) is 4.79 Å². The van der Waals surface area contributed by atoms with E-state index in [0.717, 1.165) is 5.56 Å². The fourth-order valence-corrected chi connectivity index (χ4v) is 1.71. The van der Waals surface area contributed by atoms with Gasteiger partial charge in [0.2, 0.25) is 5.91 Å². The van der Waals surface area contributed by atoms with Crippen LogP contribution in [-0.4, -0.2) is 11.9 Å². The lowest BCUT2D eigenvalue weighted by molar-refractivity contribution is -0.116. The Bertz CT molecular complexity index is 515. The molecule has 1 atom stereocenters. The minimum Gasteiger partial charge on any atom is -0.337 e. The summed E-state index contributed by atoms with van der Waals surface area (Å²) >= 11 is 0. The van der Waals surface area contributed by atoms with E-state index in [1.54, 1.807) is 6.08 Å². The molecule has 0 aliphatic rings. The average Bonchev–Trinajstić information content (AvgIpc) is 2.42. The molecule has 1 N–H and O–H groups in total. The van der Waals surface area contributed by atoms with Crippen molar-refractivity contribution in [1.82, 2.24) is 5.32 Å². The van der Waals surface area contributed by atoms with Gasteiger partial charge < -0.3 is 5.32 Å². The van der Waals surface area contributed by atoms with Crippen LogP contribution in [0.1, 0.15) is 45.2 Å². The van der Waals surface area contributed by atoms with Crippen molar-refractivity contribution in [3.63, 3.8) is 0 Å². The number of benzene rings is 1. The molecular formula is C17H22N2O. The number of nitriles is 1. The molecule has 0 bridgehead atoms. The monoisotopic (exact) mass is 270 g/mol. The molecule has 0 saturated heterocycles. The van der Waals surface area contributed by atoms with Gasteiger partial charge in [-0.05, 0) is 29.0 Å². The normalized spacial score (nSPS) is 12.9. The fraction of sp³-hybridized carbons (Fsp3) is 0.412. The van der Waals surface area contributed by atoms with E-state index in [4.69, 9.17) is 5.26 Å². The first kappa shape index (κ1) is 16.0. The Balaban J connectivity index is 2.67. The number of carbonyl (C=O) groups excluding carboxylic acids is 1. The Hall–Kier alpha value is -2.08. The molecular weight excluding hydrogens is 248 g/mol. The van der Waals surface area contributed by atoms with Crippen LogP contribution in [0.4, 0.5) is 0 Å². The number of hydrogen-bond donors (Lipinski definition) is 1. The van der Waals surface area contributed by atoms with Gasteiger partial charge in [-0.15, -0.1) is 0 Å². The summed E-state index contributed by atoms with van der Waals surface area (Å²) < 4.78 is 0. The molecule has 3 nitrogen and oxygen atoms in total. The van der Waals surface area contributed by atoms with E-state index in [1.165, 1.54) is 11.6 Å². The van der Waals surface area contributed by atoms with Crippen molar-refractivity contribution in [2.24, 2.45) is 0 Å².